The zero-order valence-electron chi connectivity index (χ0n) is 6.95. The first-order valence-corrected chi connectivity index (χ1v) is 3.92. The van der Waals surface area contributed by atoms with Crippen molar-refractivity contribution >= 4 is 17.6 Å². The second kappa shape index (κ2) is 4.09. The number of halogens is 1. The first kappa shape index (κ1) is 9.80. The molecule has 0 unspecified atom stereocenters. The third-order valence-electron chi connectivity index (χ3n) is 1.44. The number of pyridine rings is 1. The number of aliphatic carboxylic acids is 1. The highest BCUT2D eigenvalue weighted by atomic mass is 35.5. The molecular weight excluding hydrogens is 194 g/mol. The fraction of sp³-hybridized carbons (Fsp3) is 0.250. The Morgan fingerprint density at radius 1 is 1.69 bits per heavy atom. The van der Waals surface area contributed by atoms with E-state index in [0.29, 0.717) is 5.56 Å². The predicted molar refractivity (Wildman–Crippen MR) is 47.1 cm³/mol. The van der Waals surface area contributed by atoms with E-state index in [9.17, 15) is 4.79 Å². The molecule has 0 saturated carbocycles. The van der Waals surface area contributed by atoms with Crippen LogP contribution < -0.4 is 4.74 Å². The first-order valence-electron chi connectivity index (χ1n) is 3.54. The second-order valence-corrected chi connectivity index (χ2v) is 2.76. The number of hydrogen-bond acceptors (Lipinski definition) is 3. The molecule has 0 saturated heterocycles. The second-order valence-electron chi connectivity index (χ2n) is 2.37. The zero-order chi connectivity index (χ0) is 9.84. The maximum absolute atomic E-state index is 10.4. The topological polar surface area (TPSA) is 59.4 Å². The minimum Gasteiger partial charge on any atom is -0.481 e. The Kier molecular flexibility index (Phi) is 3.08. The molecule has 0 amide bonds. The lowest BCUT2D eigenvalue weighted by atomic mass is 10.2. The Morgan fingerprint density at radius 3 is 2.92 bits per heavy atom. The van der Waals surface area contributed by atoms with Crippen molar-refractivity contribution in [2.45, 2.75) is 6.42 Å². The zero-order valence-corrected chi connectivity index (χ0v) is 7.71. The number of rotatable bonds is 3. The van der Waals surface area contributed by atoms with Gasteiger partial charge in [0.05, 0.1) is 13.5 Å². The monoisotopic (exact) mass is 201 g/mol. The van der Waals surface area contributed by atoms with E-state index in [1.165, 1.54) is 13.2 Å². The lowest BCUT2D eigenvalue weighted by Crippen LogP contribution is -2.03. The van der Waals surface area contributed by atoms with Gasteiger partial charge in [0, 0.05) is 5.56 Å². The van der Waals surface area contributed by atoms with Gasteiger partial charge >= 0.3 is 5.97 Å². The third-order valence-corrected chi connectivity index (χ3v) is 1.65. The first-order chi connectivity index (χ1) is 6.13. The number of hydrogen-bond donors (Lipinski definition) is 1. The molecule has 4 nitrogen and oxygen atoms in total. The molecule has 1 heterocycles. The minimum atomic E-state index is -0.928. The Labute approximate surface area is 80.1 Å². The van der Waals surface area contributed by atoms with Crippen LogP contribution in [0.3, 0.4) is 0 Å². The number of ether oxygens (including phenoxy) is 1. The Hall–Kier alpha value is -1.29. The summed E-state index contributed by atoms with van der Waals surface area (Å²) in [5.74, 6) is -0.669. The van der Waals surface area contributed by atoms with Crippen molar-refractivity contribution in [1.29, 1.82) is 0 Å². The summed E-state index contributed by atoms with van der Waals surface area (Å²) in [7, 11) is 1.42. The average molecular weight is 202 g/mol. The van der Waals surface area contributed by atoms with Crippen LogP contribution in [0.2, 0.25) is 5.15 Å². The summed E-state index contributed by atoms with van der Waals surface area (Å²) in [5, 5.41) is 8.82. The molecule has 1 aromatic heterocycles. The smallest absolute Gasteiger partial charge is 0.308 e. The van der Waals surface area contributed by atoms with E-state index in [1.807, 2.05) is 0 Å². The molecule has 5 heteroatoms. The maximum atomic E-state index is 10.4. The molecule has 70 valence electrons. The fourth-order valence-electron chi connectivity index (χ4n) is 0.921. The van der Waals surface area contributed by atoms with Crippen LogP contribution in [0.15, 0.2) is 12.1 Å². The Morgan fingerprint density at radius 2 is 2.38 bits per heavy atom. The van der Waals surface area contributed by atoms with Gasteiger partial charge in [-0.3, -0.25) is 4.79 Å². The molecule has 0 aliphatic rings. The normalized spacial score (nSPS) is 9.69. The molecular formula is C8H8ClNO3. The van der Waals surface area contributed by atoms with E-state index in [-0.39, 0.29) is 17.5 Å². The number of carboxylic acids is 1. The van der Waals surface area contributed by atoms with Crippen LogP contribution in [0.1, 0.15) is 5.56 Å². The molecule has 0 aliphatic heterocycles. The molecule has 0 fully saturated rings. The van der Waals surface area contributed by atoms with Gasteiger partial charge in [0.15, 0.2) is 0 Å². The number of carboxylic acid groups (broad SMARTS) is 1. The highest BCUT2D eigenvalue weighted by molar-refractivity contribution is 6.29. The van der Waals surface area contributed by atoms with Crippen molar-refractivity contribution in [3.8, 4) is 5.88 Å². The van der Waals surface area contributed by atoms with Gasteiger partial charge in [-0.2, -0.15) is 0 Å². The predicted octanol–water partition coefficient (Wildman–Crippen LogP) is 1.37. The van der Waals surface area contributed by atoms with Crippen molar-refractivity contribution in [3.05, 3.63) is 22.8 Å². The molecule has 0 aromatic carbocycles. The van der Waals surface area contributed by atoms with E-state index in [2.05, 4.69) is 4.98 Å². The van der Waals surface area contributed by atoms with Crippen LogP contribution in [-0.2, 0) is 11.2 Å². The van der Waals surface area contributed by atoms with Gasteiger partial charge in [-0.15, -0.1) is 0 Å². The highest BCUT2D eigenvalue weighted by Gasteiger charge is 2.08. The lowest BCUT2D eigenvalue weighted by molar-refractivity contribution is -0.136. The Balaban J connectivity index is 2.99. The van der Waals surface area contributed by atoms with Crippen molar-refractivity contribution in [2.75, 3.05) is 7.11 Å². The summed E-state index contributed by atoms with van der Waals surface area (Å²) in [6, 6.07) is 3.12. The fourth-order valence-corrected chi connectivity index (χ4v) is 1.06. The molecule has 0 radical (unpaired) electrons. The van der Waals surface area contributed by atoms with Crippen LogP contribution in [-0.4, -0.2) is 23.2 Å². The van der Waals surface area contributed by atoms with Crippen LogP contribution in [0, 0.1) is 0 Å². The average Bonchev–Trinajstić information content (AvgIpc) is 2.07. The van der Waals surface area contributed by atoms with E-state index < -0.39 is 5.97 Å². The van der Waals surface area contributed by atoms with Gasteiger partial charge in [0.25, 0.3) is 0 Å². The van der Waals surface area contributed by atoms with Gasteiger partial charge < -0.3 is 9.84 Å². The Bertz CT molecular complexity index is 327. The SMILES string of the molecule is COc1nc(Cl)ccc1CC(=O)O. The van der Waals surface area contributed by atoms with E-state index in [4.69, 9.17) is 21.4 Å². The summed E-state index contributed by atoms with van der Waals surface area (Å²) >= 11 is 5.59. The van der Waals surface area contributed by atoms with Crippen LogP contribution in [0.4, 0.5) is 0 Å². The number of aromatic nitrogens is 1. The number of methoxy groups -OCH3 is 1. The van der Waals surface area contributed by atoms with Crippen LogP contribution in [0.25, 0.3) is 0 Å². The molecule has 1 N–H and O–H groups in total. The summed E-state index contributed by atoms with van der Waals surface area (Å²) in [6.07, 6.45) is -0.118. The molecule has 0 bridgehead atoms. The van der Waals surface area contributed by atoms with Crippen LogP contribution >= 0.6 is 11.6 Å². The van der Waals surface area contributed by atoms with Crippen molar-refractivity contribution in [2.24, 2.45) is 0 Å². The minimum absolute atomic E-state index is 0.118. The molecule has 1 rings (SSSR count). The number of nitrogens with zero attached hydrogens (tertiary/aromatic N) is 1. The summed E-state index contributed by atoms with van der Waals surface area (Å²) in [6.45, 7) is 0. The molecule has 0 atom stereocenters. The van der Waals surface area contributed by atoms with Gasteiger partial charge in [0.2, 0.25) is 5.88 Å². The molecule has 0 spiro atoms. The third kappa shape index (κ3) is 2.59. The van der Waals surface area contributed by atoms with Crippen LogP contribution in [0.5, 0.6) is 5.88 Å². The summed E-state index contributed by atoms with van der Waals surface area (Å²) < 4.78 is 4.87. The molecule has 0 aliphatic carbocycles. The van der Waals surface area contributed by atoms with Crippen molar-refractivity contribution in [3.63, 3.8) is 0 Å². The van der Waals surface area contributed by atoms with Crippen molar-refractivity contribution < 1.29 is 14.6 Å². The largest absolute Gasteiger partial charge is 0.481 e. The van der Waals surface area contributed by atoms with E-state index in [1.54, 1.807) is 6.07 Å². The quantitative estimate of drug-likeness (QED) is 0.751. The summed E-state index contributed by atoms with van der Waals surface area (Å²) in [4.78, 5) is 14.2. The van der Waals surface area contributed by atoms with Gasteiger partial charge in [-0.05, 0) is 6.07 Å². The van der Waals surface area contributed by atoms with Gasteiger partial charge in [0.1, 0.15) is 5.15 Å². The molecule has 13 heavy (non-hydrogen) atoms. The summed E-state index contributed by atoms with van der Waals surface area (Å²) in [5.41, 5.74) is 0.513. The highest BCUT2D eigenvalue weighted by Crippen LogP contribution is 2.18. The maximum Gasteiger partial charge on any atom is 0.308 e. The number of carbonyl (C=O) groups is 1. The molecule has 1 aromatic rings. The lowest BCUT2D eigenvalue weighted by Gasteiger charge is -2.04. The van der Waals surface area contributed by atoms with Crippen molar-refractivity contribution in [1.82, 2.24) is 4.98 Å². The standard InChI is InChI=1S/C8H8ClNO3/c1-13-8-5(4-7(11)12)2-3-6(9)10-8/h2-3H,4H2,1H3,(H,11,12). The van der Waals surface area contributed by atoms with Gasteiger partial charge in [-0.25, -0.2) is 4.98 Å². The van der Waals surface area contributed by atoms with E-state index >= 15 is 0 Å². The van der Waals surface area contributed by atoms with E-state index in [0.717, 1.165) is 0 Å². The van der Waals surface area contributed by atoms with Gasteiger partial charge in [-0.1, -0.05) is 17.7 Å².